The van der Waals surface area contributed by atoms with Gasteiger partial charge < -0.3 is 10.3 Å². The summed E-state index contributed by atoms with van der Waals surface area (Å²) in [6.07, 6.45) is 4.25. The van der Waals surface area contributed by atoms with E-state index in [2.05, 4.69) is 59.8 Å². The standard InChI is InChI=1S/C28H29N5/c1-19-5-9-22(10-6-19)28-27(21-11-7-20(15-29)8-12-21)25-14-24(32(2)26(25)16-31-28)18-33-13-3-4-23(30)17-33/h5-12,14,16,23H,3-4,13,17-18,30H2,1-2H3/t23-/m0/s1. The minimum atomic E-state index is 0.262. The Hall–Kier alpha value is -3.46. The van der Waals surface area contributed by atoms with Crippen molar-refractivity contribution in [3.8, 4) is 28.5 Å². The van der Waals surface area contributed by atoms with Gasteiger partial charge in [0.15, 0.2) is 0 Å². The van der Waals surface area contributed by atoms with Crippen molar-refractivity contribution in [1.82, 2.24) is 14.5 Å². The maximum Gasteiger partial charge on any atom is 0.0991 e. The van der Waals surface area contributed by atoms with Crippen molar-refractivity contribution >= 4 is 10.9 Å². The highest BCUT2D eigenvalue weighted by molar-refractivity contribution is 6.02. The van der Waals surface area contributed by atoms with Crippen molar-refractivity contribution in [2.24, 2.45) is 12.8 Å². The number of aromatic nitrogens is 2. The molecule has 166 valence electrons. The molecule has 0 unspecified atom stereocenters. The third kappa shape index (κ3) is 4.16. The summed E-state index contributed by atoms with van der Waals surface area (Å²) in [5.41, 5.74) is 14.7. The Morgan fingerprint density at radius 2 is 1.82 bits per heavy atom. The molecule has 1 saturated heterocycles. The average Bonchev–Trinajstić information content (AvgIpc) is 3.14. The molecule has 33 heavy (non-hydrogen) atoms. The number of aryl methyl sites for hydroxylation is 2. The van der Waals surface area contributed by atoms with Crippen LogP contribution in [-0.2, 0) is 13.6 Å². The van der Waals surface area contributed by atoms with Crippen LogP contribution in [0.1, 0.15) is 29.7 Å². The van der Waals surface area contributed by atoms with E-state index in [4.69, 9.17) is 10.7 Å². The zero-order valence-corrected chi connectivity index (χ0v) is 19.3. The van der Waals surface area contributed by atoms with Gasteiger partial charge >= 0.3 is 0 Å². The number of nitrogens with zero attached hydrogens (tertiary/aromatic N) is 4. The van der Waals surface area contributed by atoms with Gasteiger partial charge in [-0.05, 0) is 50.1 Å². The summed E-state index contributed by atoms with van der Waals surface area (Å²) in [5.74, 6) is 0. The monoisotopic (exact) mass is 435 g/mol. The maximum absolute atomic E-state index is 9.26. The molecule has 5 heteroatoms. The Kier molecular flexibility index (Phi) is 5.72. The fraction of sp³-hybridized carbons (Fsp3) is 0.286. The number of nitriles is 1. The topological polar surface area (TPSA) is 70.9 Å². The van der Waals surface area contributed by atoms with Crippen LogP contribution in [-0.4, -0.2) is 33.6 Å². The molecule has 0 amide bonds. The Balaban J connectivity index is 1.67. The molecule has 0 aliphatic carbocycles. The fourth-order valence-electron chi connectivity index (χ4n) is 4.90. The molecule has 5 rings (SSSR count). The predicted molar refractivity (Wildman–Crippen MR) is 134 cm³/mol. The van der Waals surface area contributed by atoms with E-state index in [1.54, 1.807) is 0 Å². The van der Waals surface area contributed by atoms with E-state index in [0.29, 0.717) is 5.56 Å². The molecule has 0 spiro atoms. The summed E-state index contributed by atoms with van der Waals surface area (Å²) in [6, 6.07) is 21.1. The van der Waals surface area contributed by atoms with Crippen LogP contribution in [0.15, 0.2) is 60.8 Å². The number of likely N-dealkylation sites (tertiary alicyclic amines) is 1. The third-order valence-electron chi connectivity index (χ3n) is 6.76. The summed E-state index contributed by atoms with van der Waals surface area (Å²) in [7, 11) is 2.12. The third-order valence-corrected chi connectivity index (χ3v) is 6.76. The number of benzene rings is 2. The molecule has 0 radical (unpaired) electrons. The molecule has 3 heterocycles. The normalized spacial score (nSPS) is 16.7. The first-order chi connectivity index (χ1) is 16.0. The molecular weight excluding hydrogens is 406 g/mol. The smallest absolute Gasteiger partial charge is 0.0991 e. The predicted octanol–water partition coefficient (Wildman–Crippen LogP) is 5.01. The number of piperidine rings is 1. The van der Waals surface area contributed by atoms with E-state index in [-0.39, 0.29) is 6.04 Å². The first kappa shape index (κ1) is 21.4. The van der Waals surface area contributed by atoms with Crippen molar-refractivity contribution in [2.45, 2.75) is 32.4 Å². The first-order valence-electron chi connectivity index (χ1n) is 11.6. The summed E-state index contributed by atoms with van der Waals surface area (Å²) in [4.78, 5) is 7.40. The molecule has 2 aromatic heterocycles. The Labute approximate surface area is 195 Å². The van der Waals surface area contributed by atoms with Crippen molar-refractivity contribution < 1.29 is 0 Å². The second-order valence-corrected chi connectivity index (χ2v) is 9.17. The lowest BCUT2D eigenvalue weighted by atomic mass is 9.95. The molecule has 1 aliphatic heterocycles. The lowest BCUT2D eigenvalue weighted by Crippen LogP contribution is -2.42. The number of nitrogens with two attached hydrogens (primary N) is 1. The van der Waals surface area contributed by atoms with E-state index >= 15 is 0 Å². The molecule has 0 bridgehead atoms. The maximum atomic E-state index is 9.26. The van der Waals surface area contributed by atoms with Crippen LogP contribution in [0, 0.1) is 18.3 Å². The molecular formula is C28H29N5. The zero-order chi connectivity index (χ0) is 22.9. The van der Waals surface area contributed by atoms with Crippen LogP contribution in [0.3, 0.4) is 0 Å². The lowest BCUT2D eigenvalue weighted by molar-refractivity contribution is 0.198. The van der Waals surface area contributed by atoms with E-state index in [0.717, 1.165) is 60.4 Å². The Bertz CT molecular complexity index is 1330. The molecule has 1 fully saturated rings. The van der Waals surface area contributed by atoms with Gasteiger partial charge in [0, 0.05) is 48.4 Å². The van der Waals surface area contributed by atoms with Crippen LogP contribution >= 0.6 is 0 Å². The molecule has 2 aromatic carbocycles. The minimum Gasteiger partial charge on any atom is -0.345 e. The summed E-state index contributed by atoms with van der Waals surface area (Å²) in [5, 5.41) is 10.4. The average molecular weight is 436 g/mol. The summed E-state index contributed by atoms with van der Waals surface area (Å²) < 4.78 is 2.26. The minimum absolute atomic E-state index is 0.262. The van der Waals surface area contributed by atoms with Crippen LogP contribution in [0.2, 0.25) is 0 Å². The molecule has 0 saturated carbocycles. The molecule has 2 N–H and O–H groups in total. The highest BCUT2D eigenvalue weighted by Crippen LogP contribution is 2.38. The van der Waals surface area contributed by atoms with E-state index in [1.807, 2.05) is 30.5 Å². The molecule has 5 nitrogen and oxygen atoms in total. The van der Waals surface area contributed by atoms with Gasteiger partial charge in [-0.15, -0.1) is 0 Å². The van der Waals surface area contributed by atoms with Gasteiger partial charge in [0.1, 0.15) is 0 Å². The lowest BCUT2D eigenvalue weighted by Gasteiger charge is -2.30. The molecule has 1 aliphatic rings. The first-order valence-corrected chi connectivity index (χ1v) is 11.6. The number of rotatable bonds is 4. The number of fused-ring (bicyclic) bond motifs is 1. The van der Waals surface area contributed by atoms with E-state index in [9.17, 15) is 5.26 Å². The van der Waals surface area contributed by atoms with Gasteiger partial charge in [-0.3, -0.25) is 9.88 Å². The van der Waals surface area contributed by atoms with Crippen LogP contribution < -0.4 is 5.73 Å². The van der Waals surface area contributed by atoms with Gasteiger partial charge in [0.2, 0.25) is 0 Å². The number of hydrogen-bond acceptors (Lipinski definition) is 4. The van der Waals surface area contributed by atoms with Crippen LogP contribution in [0.4, 0.5) is 0 Å². The second-order valence-electron chi connectivity index (χ2n) is 9.17. The van der Waals surface area contributed by atoms with Crippen LogP contribution in [0.5, 0.6) is 0 Å². The van der Waals surface area contributed by atoms with E-state index < -0.39 is 0 Å². The highest BCUT2D eigenvalue weighted by Gasteiger charge is 2.21. The zero-order valence-electron chi connectivity index (χ0n) is 19.3. The molecule has 1 atom stereocenters. The summed E-state index contributed by atoms with van der Waals surface area (Å²) >= 11 is 0. The van der Waals surface area contributed by atoms with E-state index in [1.165, 1.54) is 16.6 Å². The van der Waals surface area contributed by atoms with Crippen molar-refractivity contribution in [3.63, 3.8) is 0 Å². The quantitative estimate of drug-likeness (QED) is 0.489. The molecule has 4 aromatic rings. The largest absolute Gasteiger partial charge is 0.345 e. The fourth-order valence-corrected chi connectivity index (χ4v) is 4.90. The van der Waals surface area contributed by atoms with Crippen molar-refractivity contribution in [3.05, 3.63) is 77.6 Å². The van der Waals surface area contributed by atoms with Crippen molar-refractivity contribution in [1.29, 1.82) is 5.26 Å². The van der Waals surface area contributed by atoms with Gasteiger partial charge in [-0.1, -0.05) is 42.0 Å². The second kappa shape index (κ2) is 8.82. The van der Waals surface area contributed by atoms with Gasteiger partial charge in [-0.25, -0.2) is 0 Å². The number of pyridine rings is 1. The number of hydrogen-bond donors (Lipinski definition) is 1. The van der Waals surface area contributed by atoms with Crippen molar-refractivity contribution in [2.75, 3.05) is 13.1 Å². The van der Waals surface area contributed by atoms with Gasteiger partial charge in [-0.2, -0.15) is 5.26 Å². The van der Waals surface area contributed by atoms with Gasteiger partial charge in [0.05, 0.1) is 29.0 Å². The SMILES string of the molecule is Cc1ccc(-c2ncc3c(cc(CN4CCC[C@H](N)C4)n3C)c2-c2ccc(C#N)cc2)cc1. The highest BCUT2D eigenvalue weighted by atomic mass is 15.2. The summed E-state index contributed by atoms with van der Waals surface area (Å²) in [6.45, 7) is 5.00. The Morgan fingerprint density at radius 1 is 1.09 bits per heavy atom. The van der Waals surface area contributed by atoms with Gasteiger partial charge in [0.25, 0.3) is 0 Å². The van der Waals surface area contributed by atoms with Crippen LogP contribution in [0.25, 0.3) is 33.3 Å². The Morgan fingerprint density at radius 3 is 2.52 bits per heavy atom.